The molecule has 1 fully saturated rings. The van der Waals surface area contributed by atoms with Crippen molar-refractivity contribution in [2.45, 2.75) is 57.7 Å². The van der Waals surface area contributed by atoms with Crippen molar-refractivity contribution >= 4 is 32.7 Å². The monoisotopic (exact) mass is 471 g/mol. The van der Waals surface area contributed by atoms with Gasteiger partial charge in [0, 0.05) is 43.0 Å². The molecule has 1 amide bonds. The zero-order valence-corrected chi connectivity index (χ0v) is 19.8. The van der Waals surface area contributed by atoms with Gasteiger partial charge in [-0.3, -0.25) is 9.58 Å². The molecule has 2 atom stereocenters. The quantitative estimate of drug-likeness (QED) is 0.580. The van der Waals surface area contributed by atoms with Crippen LogP contribution in [0, 0.1) is 0 Å². The third kappa shape index (κ3) is 4.01. The summed E-state index contributed by atoms with van der Waals surface area (Å²) in [6.45, 7) is 2.67. The van der Waals surface area contributed by atoms with Crippen LogP contribution in [0.4, 0.5) is 10.5 Å². The summed E-state index contributed by atoms with van der Waals surface area (Å²) in [4.78, 5) is 19.2. The number of hydrogen-bond donors (Lipinski definition) is 0. The molecule has 2 aromatic heterocycles. The highest BCUT2D eigenvalue weighted by atomic mass is 32.2. The SMILES string of the molecule is COC(=O)N1c2ccc3c(nc(CCn4cccn4)n3[C@H]3CCCS(=O)(=O)C3)c2CC[C@@H]1C. The summed E-state index contributed by atoms with van der Waals surface area (Å²) in [6.07, 6.45) is 7.00. The lowest BCUT2D eigenvalue weighted by atomic mass is 9.95. The van der Waals surface area contributed by atoms with Crippen molar-refractivity contribution in [3.05, 3.63) is 42.0 Å². The lowest BCUT2D eigenvalue weighted by Crippen LogP contribution is -2.42. The average molecular weight is 472 g/mol. The summed E-state index contributed by atoms with van der Waals surface area (Å²) in [5.74, 6) is 1.25. The van der Waals surface area contributed by atoms with Crippen LogP contribution in [0.25, 0.3) is 11.0 Å². The first kappa shape index (κ1) is 21.9. The van der Waals surface area contributed by atoms with Crippen LogP contribution in [0.1, 0.15) is 43.6 Å². The van der Waals surface area contributed by atoms with E-state index in [9.17, 15) is 13.2 Å². The largest absolute Gasteiger partial charge is 0.452 e. The number of benzene rings is 1. The number of carbonyl (C=O) groups is 1. The Morgan fingerprint density at radius 3 is 2.85 bits per heavy atom. The molecule has 1 aromatic carbocycles. The standard InChI is InChI=1S/C23H29N5O4S/c1-16-6-7-18-19(27(16)23(29)32-2)8-9-20-22(18)25-21(10-13-26-12-4-11-24-26)28(20)17-5-3-14-33(30,31)15-17/h4,8-9,11-12,16-17H,3,5-7,10,13-15H2,1-2H3/t16-,17-/m0/s1. The third-order valence-corrected chi connectivity index (χ3v) is 8.63. The van der Waals surface area contributed by atoms with Crippen LogP contribution < -0.4 is 4.90 Å². The molecular weight excluding hydrogens is 442 g/mol. The third-order valence-electron chi connectivity index (χ3n) is 6.83. The molecular formula is C23H29N5O4S. The number of carbonyl (C=O) groups excluding carboxylic acids is 1. The van der Waals surface area contributed by atoms with E-state index in [1.54, 1.807) is 11.1 Å². The molecule has 176 valence electrons. The van der Waals surface area contributed by atoms with Crippen LogP contribution in [-0.2, 0) is 34.0 Å². The van der Waals surface area contributed by atoms with Crippen molar-refractivity contribution in [3.63, 3.8) is 0 Å². The Morgan fingerprint density at radius 1 is 1.27 bits per heavy atom. The number of amides is 1. The molecule has 0 unspecified atom stereocenters. The predicted molar refractivity (Wildman–Crippen MR) is 125 cm³/mol. The van der Waals surface area contributed by atoms with Crippen molar-refractivity contribution in [2.75, 3.05) is 23.5 Å². The van der Waals surface area contributed by atoms with E-state index in [-0.39, 0.29) is 29.7 Å². The normalized spacial score (nSPS) is 22.3. The topological polar surface area (TPSA) is 99.3 Å². The summed E-state index contributed by atoms with van der Waals surface area (Å²) in [5.41, 5.74) is 3.64. The number of ether oxygens (including phenoxy) is 1. The fraction of sp³-hybridized carbons (Fsp3) is 0.522. The zero-order valence-electron chi connectivity index (χ0n) is 19.0. The number of methoxy groups -OCH3 is 1. The highest BCUT2D eigenvalue weighted by molar-refractivity contribution is 7.91. The fourth-order valence-corrected chi connectivity index (χ4v) is 6.93. The molecule has 33 heavy (non-hydrogen) atoms. The first-order valence-corrected chi connectivity index (χ1v) is 13.3. The smallest absolute Gasteiger partial charge is 0.414 e. The minimum Gasteiger partial charge on any atom is -0.452 e. The first-order chi connectivity index (χ1) is 15.9. The molecule has 5 rings (SSSR count). The highest BCUT2D eigenvalue weighted by Gasteiger charge is 2.33. The molecule has 1 saturated heterocycles. The molecule has 0 aliphatic carbocycles. The molecule has 0 radical (unpaired) electrons. The number of imidazole rings is 1. The summed E-state index contributed by atoms with van der Waals surface area (Å²) < 4.78 is 34.0. The lowest BCUT2D eigenvalue weighted by molar-refractivity contribution is 0.175. The van der Waals surface area contributed by atoms with Gasteiger partial charge in [-0.05, 0) is 50.8 Å². The van der Waals surface area contributed by atoms with Gasteiger partial charge in [-0.1, -0.05) is 0 Å². The maximum atomic E-state index is 12.5. The van der Waals surface area contributed by atoms with Crippen LogP contribution in [-0.4, -0.2) is 58.5 Å². The number of aryl methyl sites for hydroxylation is 3. The maximum Gasteiger partial charge on any atom is 0.414 e. The number of nitrogens with zero attached hydrogens (tertiary/aromatic N) is 5. The number of anilines is 1. The van der Waals surface area contributed by atoms with Crippen LogP contribution in [0.2, 0.25) is 0 Å². The molecule has 0 spiro atoms. The van der Waals surface area contributed by atoms with Gasteiger partial charge in [0.2, 0.25) is 0 Å². The van der Waals surface area contributed by atoms with Crippen LogP contribution in [0.3, 0.4) is 0 Å². The van der Waals surface area contributed by atoms with Gasteiger partial charge in [0.1, 0.15) is 5.82 Å². The second kappa shape index (κ2) is 8.48. The molecule has 0 bridgehead atoms. The molecule has 0 saturated carbocycles. The van der Waals surface area contributed by atoms with Gasteiger partial charge in [-0.2, -0.15) is 5.10 Å². The Balaban J connectivity index is 1.63. The molecule has 4 heterocycles. The van der Waals surface area contributed by atoms with E-state index in [4.69, 9.17) is 9.72 Å². The zero-order chi connectivity index (χ0) is 23.2. The van der Waals surface area contributed by atoms with E-state index in [1.165, 1.54) is 7.11 Å². The number of sulfone groups is 1. The average Bonchev–Trinajstić information content (AvgIpc) is 3.43. The van der Waals surface area contributed by atoms with E-state index in [0.717, 1.165) is 47.4 Å². The van der Waals surface area contributed by atoms with Crippen molar-refractivity contribution in [2.24, 2.45) is 0 Å². The summed E-state index contributed by atoms with van der Waals surface area (Å²) >= 11 is 0. The fourth-order valence-electron chi connectivity index (χ4n) is 5.26. The molecule has 0 N–H and O–H groups in total. The Bertz CT molecular complexity index is 1280. The van der Waals surface area contributed by atoms with E-state index < -0.39 is 9.84 Å². The van der Waals surface area contributed by atoms with Gasteiger partial charge >= 0.3 is 6.09 Å². The lowest BCUT2D eigenvalue weighted by Gasteiger charge is -2.34. The van der Waals surface area contributed by atoms with Crippen molar-refractivity contribution in [3.8, 4) is 0 Å². The minimum atomic E-state index is -3.09. The summed E-state index contributed by atoms with van der Waals surface area (Å²) in [7, 11) is -1.69. The molecule has 9 nitrogen and oxygen atoms in total. The molecule has 2 aliphatic heterocycles. The number of hydrogen-bond acceptors (Lipinski definition) is 6. The Hall–Kier alpha value is -2.88. The van der Waals surface area contributed by atoms with E-state index >= 15 is 0 Å². The van der Waals surface area contributed by atoms with Gasteiger partial charge in [0.15, 0.2) is 9.84 Å². The number of rotatable bonds is 4. The van der Waals surface area contributed by atoms with Crippen molar-refractivity contribution in [1.29, 1.82) is 0 Å². The summed E-state index contributed by atoms with van der Waals surface area (Å²) in [6, 6.07) is 5.71. The Kier molecular flexibility index (Phi) is 5.64. The van der Waals surface area contributed by atoms with E-state index in [0.29, 0.717) is 19.4 Å². The minimum absolute atomic E-state index is 0.0345. The Morgan fingerprint density at radius 2 is 2.12 bits per heavy atom. The predicted octanol–water partition coefficient (Wildman–Crippen LogP) is 3.13. The van der Waals surface area contributed by atoms with E-state index in [1.807, 2.05) is 36.0 Å². The van der Waals surface area contributed by atoms with Gasteiger partial charge in [0.05, 0.1) is 35.3 Å². The number of fused-ring (bicyclic) bond motifs is 3. The second-order valence-electron chi connectivity index (χ2n) is 8.99. The first-order valence-electron chi connectivity index (χ1n) is 11.5. The second-order valence-corrected chi connectivity index (χ2v) is 11.2. The molecule has 2 aliphatic rings. The van der Waals surface area contributed by atoms with Gasteiger partial charge in [-0.15, -0.1) is 0 Å². The van der Waals surface area contributed by atoms with Crippen LogP contribution in [0.5, 0.6) is 0 Å². The Labute approximate surface area is 193 Å². The van der Waals surface area contributed by atoms with Crippen molar-refractivity contribution in [1.82, 2.24) is 19.3 Å². The van der Waals surface area contributed by atoms with Gasteiger partial charge in [0.25, 0.3) is 0 Å². The van der Waals surface area contributed by atoms with Gasteiger partial charge < -0.3 is 9.30 Å². The summed E-state index contributed by atoms with van der Waals surface area (Å²) in [5, 5.41) is 4.29. The van der Waals surface area contributed by atoms with Crippen LogP contribution >= 0.6 is 0 Å². The van der Waals surface area contributed by atoms with E-state index in [2.05, 4.69) is 9.67 Å². The van der Waals surface area contributed by atoms with Crippen LogP contribution in [0.15, 0.2) is 30.6 Å². The molecule has 3 aromatic rings. The molecule has 10 heteroatoms. The highest BCUT2D eigenvalue weighted by Crippen LogP contribution is 2.38. The van der Waals surface area contributed by atoms with Crippen molar-refractivity contribution < 1.29 is 17.9 Å². The maximum absolute atomic E-state index is 12.5. The number of aromatic nitrogens is 4. The van der Waals surface area contributed by atoms with Gasteiger partial charge in [-0.25, -0.2) is 18.2 Å².